The first kappa shape index (κ1) is 45.5. The first-order chi connectivity index (χ1) is 40.2. The van der Waals surface area contributed by atoms with Crippen LogP contribution < -0.4 is 0 Å². The van der Waals surface area contributed by atoms with Crippen molar-refractivity contribution in [2.75, 3.05) is 0 Å². The van der Waals surface area contributed by atoms with Crippen LogP contribution in [0.4, 0.5) is 0 Å². The van der Waals surface area contributed by atoms with Gasteiger partial charge in [0.15, 0.2) is 23.3 Å². The largest absolute Gasteiger partial charge is 0.228 e. The molecule has 0 fully saturated rings. The number of hydrogen-bond donors (Lipinski definition) is 0. The van der Waals surface area contributed by atoms with E-state index in [0.717, 1.165) is 44.8 Å². The number of benzene rings is 11. The molecule has 2 heterocycles. The Kier molecular flexibility index (Phi) is 9.98. The summed E-state index contributed by atoms with van der Waals surface area (Å²) in [6.45, 7) is 0. The number of hydrogen-bond acceptors (Lipinski definition) is 5. The third-order valence-corrected chi connectivity index (χ3v) is 17.6. The molecule has 5 heteroatoms. The summed E-state index contributed by atoms with van der Waals surface area (Å²) >= 11 is 0. The second-order valence-electron chi connectivity index (χ2n) is 21.7. The first-order valence-corrected chi connectivity index (χ1v) is 27.9. The van der Waals surface area contributed by atoms with Crippen LogP contribution in [-0.4, -0.2) is 24.9 Å². The number of nitrogens with zero attached hydrogens (tertiary/aromatic N) is 5. The summed E-state index contributed by atoms with van der Waals surface area (Å²) in [7, 11) is 0. The minimum atomic E-state index is -0.447. The predicted molar refractivity (Wildman–Crippen MR) is 325 cm³/mol. The molecule has 2 unspecified atom stereocenters. The molecule has 0 saturated heterocycles. The molecule has 5 nitrogen and oxygen atoms in total. The van der Waals surface area contributed by atoms with Crippen molar-refractivity contribution in [1.29, 1.82) is 0 Å². The SMILES string of the molecule is c1ccc(-c2nc(-c3ccc(-c4cccc5c4C4(c6ccccc6-c6ccccc64)c4ccccc4-5)cc3)cc(-c3ccc4c(c3)C3c5ccccc5C4c4cc(-c5nc(-c6ccccc6)nc(-c6ccccc6)n5)ccc43)n2)cc1. The van der Waals surface area contributed by atoms with E-state index in [1.807, 2.05) is 42.5 Å². The molecule has 81 heavy (non-hydrogen) atoms. The molecule has 0 saturated carbocycles. The van der Waals surface area contributed by atoms with Crippen LogP contribution in [0.2, 0.25) is 0 Å². The lowest BCUT2D eigenvalue weighted by Crippen LogP contribution is -2.27. The van der Waals surface area contributed by atoms with Crippen molar-refractivity contribution >= 4 is 0 Å². The van der Waals surface area contributed by atoms with Crippen molar-refractivity contribution in [3.8, 4) is 101 Å². The van der Waals surface area contributed by atoms with E-state index in [4.69, 9.17) is 24.9 Å². The van der Waals surface area contributed by atoms with E-state index in [9.17, 15) is 0 Å². The van der Waals surface area contributed by atoms with Crippen LogP contribution in [0.5, 0.6) is 0 Å². The fraction of sp³-hybridized carbons (Fsp3) is 0.0395. The molecular weight excluding hydrogens is 983 g/mol. The zero-order chi connectivity index (χ0) is 53.2. The smallest absolute Gasteiger partial charge is 0.164 e. The van der Waals surface area contributed by atoms with Gasteiger partial charge in [-0.3, -0.25) is 0 Å². The van der Waals surface area contributed by atoms with Gasteiger partial charge >= 0.3 is 0 Å². The highest BCUT2D eigenvalue weighted by Crippen LogP contribution is 2.64. The lowest BCUT2D eigenvalue weighted by atomic mass is 9.60. The highest BCUT2D eigenvalue weighted by molar-refractivity contribution is 5.99. The van der Waals surface area contributed by atoms with E-state index in [2.05, 4.69) is 231 Å². The Morgan fingerprint density at radius 3 is 1.11 bits per heavy atom. The maximum Gasteiger partial charge on any atom is 0.164 e. The second-order valence-corrected chi connectivity index (χ2v) is 21.7. The third-order valence-electron chi connectivity index (χ3n) is 17.6. The first-order valence-electron chi connectivity index (χ1n) is 27.9. The van der Waals surface area contributed by atoms with Crippen LogP contribution in [0.15, 0.2) is 273 Å². The van der Waals surface area contributed by atoms with Crippen molar-refractivity contribution in [1.82, 2.24) is 24.9 Å². The zero-order valence-corrected chi connectivity index (χ0v) is 43.9. The van der Waals surface area contributed by atoms with Gasteiger partial charge in [0.1, 0.15) is 0 Å². The summed E-state index contributed by atoms with van der Waals surface area (Å²) < 4.78 is 0. The van der Waals surface area contributed by atoms with Gasteiger partial charge in [-0.25, -0.2) is 24.9 Å². The van der Waals surface area contributed by atoms with Gasteiger partial charge in [-0.1, -0.05) is 255 Å². The average Bonchev–Trinajstić information content (AvgIpc) is 3.51. The molecule has 1 spiro atoms. The van der Waals surface area contributed by atoms with Gasteiger partial charge in [0.2, 0.25) is 0 Å². The fourth-order valence-electron chi connectivity index (χ4n) is 14.1. The summed E-state index contributed by atoms with van der Waals surface area (Å²) in [5.74, 6) is 2.71. The predicted octanol–water partition coefficient (Wildman–Crippen LogP) is 17.7. The summed E-state index contributed by atoms with van der Waals surface area (Å²) in [5, 5.41) is 0. The van der Waals surface area contributed by atoms with Gasteiger partial charge < -0.3 is 0 Å². The molecule has 13 aromatic rings. The van der Waals surface area contributed by atoms with Gasteiger partial charge in [0, 0.05) is 45.2 Å². The summed E-state index contributed by atoms with van der Waals surface area (Å²) in [6.07, 6.45) is 0. The Hall–Kier alpha value is -10.5. The van der Waals surface area contributed by atoms with E-state index in [1.54, 1.807) is 0 Å². The van der Waals surface area contributed by atoms with Gasteiger partial charge in [-0.15, -0.1) is 0 Å². The Labute approximate surface area is 469 Å². The van der Waals surface area contributed by atoms with E-state index in [0.29, 0.717) is 23.3 Å². The summed E-state index contributed by atoms with van der Waals surface area (Å²) in [6, 6.07) is 98.8. The highest BCUT2D eigenvalue weighted by atomic mass is 15.0. The van der Waals surface area contributed by atoms with Crippen LogP contribution in [0.3, 0.4) is 0 Å². The van der Waals surface area contributed by atoms with Gasteiger partial charge in [-0.2, -0.15) is 0 Å². The van der Waals surface area contributed by atoms with Crippen LogP contribution in [0.1, 0.15) is 67.5 Å². The van der Waals surface area contributed by atoms with Gasteiger partial charge in [-0.05, 0) is 107 Å². The number of rotatable bonds is 7. The number of fused-ring (bicyclic) bond motifs is 10. The van der Waals surface area contributed by atoms with Crippen molar-refractivity contribution in [3.63, 3.8) is 0 Å². The zero-order valence-electron chi connectivity index (χ0n) is 43.9. The third kappa shape index (κ3) is 6.82. The minimum Gasteiger partial charge on any atom is -0.228 e. The van der Waals surface area contributed by atoms with E-state index in [-0.39, 0.29) is 11.8 Å². The van der Waals surface area contributed by atoms with E-state index < -0.39 is 5.41 Å². The Balaban J connectivity index is 0.767. The van der Waals surface area contributed by atoms with Crippen molar-refractivity contribution < 1.29 is 0 Å². The summed E-state index contributed by atoms with van der Waals surface area (Å²) in [4.78, 5) is 26.0. The van der Waals surface area contributed by atoms with Crippen LogP contribution in [0, 0.1) is 0 Å². The number of aromatic nitrogens is 5. The normalized spacial score (nSPS) is 15.0. The quantitative estimate of drug-likeness (QED) is 0.159. The Bertz CT molecular complexity index is 4580. The molecule has 5 aliphatic carbocycles. The maximum atomic E-state index is 5.37. The lowest BCUT2D eigenvalue weighted by molar-refractivity contribution is 0.754. The van der Waals surface area contributed by atoms with Gasteiger partial charge in [0.25, 0.3) is 0 Å². The topological polar surface area (TPSA) is 64.5 Å². The molecule has 0 amide bonds. The van der Waals surface area contributed by atoms with Gasteiger partial charge in [0.05, 0.1) is 16.8 Å². The molecule has 2 aromatic heterocycles. The van der Waals surface area contributed by atoms with Crippen molar-refractivity contribution in [3.05, 3.63) is 329 Å². The van der Waals surface area contributed by atoms with E-state index in [1.165, 1.54) is 89.0 Å². The van der Waals surface area contributed by atoms with Crippen molar-refractivity contribution in [2.45, 2.75) is 17.3 Å². The molecule has 0 radical (unpaired) electrons. The summed E-state index contributed by atoms with van der Waals surface area (Å²) in [5.41, 5.74) is 28.1. The average molecular weight is 1030 g/mol. The standard InChI is InChI=1S/C76H47N5/c1-4-19-48(20-5-1)72-77-67(47-37-35-46(36-38-47)53-30-18-31-61-56-27-14-17-34-66(56)76(71(53)61)64-32-15-12-25-54(64)55-26-13-16-33-65(55)76)45-68(78-72)51-39-41-59-62(43-51)69-57-28-10-11-29-58(57)70(59)63-44-52(40-42-60(63)69)75-80-73(49-21-6-2-7-22-49)79-74(81-75)50-23-8-3-9-24-50/h1-45,69-70H. The molecule has 0 aliphatic heterocycles. The maximum absolute atomic E-state index is 5.37. The molecule has 0 N–H and O–H groups in total. The monoisotopic (exact) mass is 1030 g/mol. The molecule has 18 rings (SSSR count). The molecule has 376 valence electrons. The molecule has 2 bridgehead atoms. The Morgan fingerprint density at radius 1 is 0.222 bits per heavy atom. The fourth-order valence-corrected chi connectivity index (χ4v) is 14.1. The lowest BCUT2D eigenvalue weighted by Gasteiger charge is -2.42. The highest BCUT2D eigenvalue weighted by Gasteiger charge is 2.52. The Morgan fingerprint density at radius 2 is 0.580 bits per heavy atom. The van der Waals surface area contributed by atoms with Crippen LogP contribution in [-0.2, 0) is 5.41 Å². The minimum absolute atomic E-state index is 0.0293. The molecule has 2 atom stereocenters. The van der Waals surface area contributed by atoms with E-state index >= 15 is 0 Å². The molecule has 5 aliphatic rings. The van der Waals surface area contributed by atoms with Crippen LogP contribution >= 0.6 is 0 Å². The molecule has 11 aromatic carbocycles. The second kappa shape index (κ2) is 17.8. The van der Waals surface area contributed by atoms with Crippen molar-refractivity contribution in [2.24, 2.45) is 0 Å². The molecular formula is C76H47N5. The van der Waals surface area contributed by atoms with Crippen LogP contribution in [0.25, 0.3) is 101 Å².